The number of oxazole rings is 1. The topological polar surface area (TPSA) is 41.3 Å². The number of hydrogen-bond donors (Lipinski definition) is 1. The van der Waals surface area contributed by atoms with Gasteiger partial charge in [0.2, 0.25) is 5.89 Å². The lowest BCUT2D eigenvalue weighted by atomic mass is 10.2. The van der Waals surface area contributed by atoms with Gasteiger partial charge in [-0.2, -0.15) is 0 Å². The minimum absolute atomic E-state index is 0.281. The summed E-state index contributed by atoms with van der Waals surface area (Å²) >= 11 is 0. The predicted molar refractivity (Wildman–Crippen MR) is 79.3 cm³/mol. The largest absolute Gasteiger partial charge is 0.444 e. The van der Waals surface area contributed by atoms with Crippen LogP contribution in [0.5, 0.6) is 0 Å². The summed E-state index contributed by atoms with van der Waals surface area (Å²) in [4.78, 5) is 6.67. The number of benzene rings is 1. The fourth-order valence-electron chi connectivity index (χ4n) is 2.76. The highest BCUT2D eigenvalue weighted by Gasteiger charge is 2.17. The molecule has 21 heavy (non-hydrogen) atoms. The molecule has 1 aliphatic heterocycles. The van der Waals surface area contributed by atoms with Crippen LogP contribution in [0, 0.1) is 5.82 Å². The van der Waals surface area contributed by atoms with Crippen LogP contribution in [0.25, 0.3) is 11.5 Å². The number of rotatable bonds is 5. The van der Waals surface area contributed by atoms with Gasteiger partial charge in [-0.15, -0.1) is 0 Å². The van der Waals surface area contributed by atoms with Crippen LogP contribution >= 0.6 is 0 Å². The van der Waals surface area contributed by atoms with Crippen molar-refractivity contribution in [2.24, 2.45) is 0 Å². The SMILES string of the molecule is CN(Cc1coc(-c2cccc(F)c2)n1)CC1CCCN1. The third kappa shape index (κ3) is 3.68. The Hall–Kier alpha value is -1.72. The Kier molecular flexibility index (Phi) is 4.31. The van der Waals surface area contributed by atoms with Crippen molar-refractivity contribution in [2.45, 2.75) is 25.4 Å². The number of likely N-dealkylation sites (N-methyl/N-ethyl adjacent to an activating group) is 1. The first-order valence-corrected chi connectivity index (χ1v) is 7.33. The van der Waals surface area contributed by atoms with Crippen molar-refractivity contribution in [2.75, 3.05) is 20.1 Å². The molecule has 1 aromatic heterocycles. The maximum atomic E-state index is 13.2. The van der Waals surface area contributed by atoms with E-state index in [1.165, 1.54) is 25.0 Å². The highest BCUT2D eigenvalue weighted by molar-refractivity contribution is 5.52. The average Bonchev–Trinajstić information content (AvgIpc) is 3.10. The Morgan fingerprint density at radius 1 is 1.48 bits per heavy atom. The standard InChI is InChI=1S/C16H20FN3O/c1-20(9-14-6-3-7-18-14)10-15-11-21-16(19-15)12-4-2-5-13(17)8-12/h2,4-5,8,11,14,18H,3,6-7,9-10H2,1H3. The molecule has 0 radical (unpaired) electrons. The van der Waals surface area contributed by atoms with Crippen LogP contribution in [-0.2, 0) is 6.54 Å². The second-order valence-corrected chi connectivity index (χ2v) is 5.64. The van der Waals surface area contributed by atoms with Gasteiger partial charge in [0.15, 0.2) is 0 Å². The van der Waals surface area contributed by atoms with E-state index in [-0.39, 0.29) is 5.82 Å². The molecule has 0 aliphatic carbocycles. The molecule has 0 amide bonds. The molecule has 3 rings (SSSR count). The number of nitrogens with zero attached hydrogens (tertiary/aromatic N) is 2. The molecule has 1 aromatic carbocycles. The number of halogens is 1. The van der Waals surface area contributed by atoms with E-state index in [1.54, 1.807) is 18.4 Å². The lowest BCUT2D eigenvalue weighted by Crippen LogP contribution is -2.35. The van der Waals surface area contributed by atoms with Crippen molar-refractivity contribution in [3.05, 3.63) is 42.0 Å². The molecule has 1 fully saturated rings. The zero-order valence-corrected chi connectivity index (χ0v) is 12.2. The first-order valence-electron chi connectivity index (χ1n) is 7.33. The average molecular weight is 289 g/mol. The van der Waals surface area contributed by atoms with Crippen LogP contribution in [0.4, 0.5) is 4.39 Å². The second-order valence-electron chi connectivity index (χ2n) is 5.64. The molecule has 1 aliphatic rings. The van der Waals surface area contributed by atoms with Gasteiger partial charge in [0.1, 0.15) is 12.1 Å². The molecule has 5 heteroatoms. The van der Waals surface area contributed by atoms with Crippen LogP contribution in [0.1, 0.15) is 18.5 Å². The van der Waals surface area contributed by atoms with Gasteiger partial charge < -0.3 is 9.73 Å². The lowest BCUT2D eigenvalue weighted by molar-refractivity contribution is 0.290. The van der Waals surface area contributed by atoms with E-state index in [1.807, 2.05) is 0 Å². The lowest BCUT2D eigenvalue weighted by Gasteiger charge is -2.19. The van der Waals surface area contributed by atoms with E-state index in [2.05, 4.69) is 22.2 Å². The number of aromatic nitrogens is 1. The van der Waals surface area contributed by atoms with Crippen LogP contribution in [0.15, 0.2) is 34.9 Å². The summed E-state index contributed by atoms with van der Waals surface area (Å²) in [5, 5.41) is 3.48. The van der Waals surface area contributed by atoms with E-state index in [4.69, 9.17) is 4.42 Å². The van der Waals surface area contributed by atoms with Gasteiger partial charge >= 0.3 is 0 Å². The molecule has 2 aromatic rings. The molecule has 1 N–H and O–H groups in total. The minimum Gasteiger partial charge on any atom is -0.444 e. The maximum Gasteiger partial charge on any atom is 0.226 e. The van der Waals surface area contributed by atoms with Crippen molar-refractivity contribution < 1.29 is 8.81 Å². The van der Waals surface area contributed by atoms with E-state index in [9.17, 15) is 4.39 Å². The molecule has 0 saturated carbocycles. The quantitative estimate of drug-likeness (QED) is 0.919. The summed E-state index contributed by atoms with van der Waals surface area (Å²) in [6, 6.07) is 6.87. The molecule has 1 atom stereocenters. The normalized spacial score (nSPS) is 18.5. The molecule has 4 nitrogen and oxygen atoms in total. The van der Waals surface area contributed by atoms with Crippen LogP contribution < -0.4 is 5.32 Å². The van der Waals surface area contributed by atoms with E-state index in [0.29, 0.717) is 17.5 Å². The molecule has 2 heterocycles. The van der Waals surface area contributed by atoms with Crippen molar-refractivity contribution in [3.63, 3.8) is 0 Å². The van der Waals surface area contributed by atoms with Gasteiger partial charge in [-0.25, -0.2) is 9.37 Å². The summed E-state index contributed by atoms with van der Waals surface area (Å²) in [7, 11) is 2.08. The smallest absolute Gasteiger partial charge is 0.226 e. The molecular formula is C16H20FN3O. The summed E-state index contributed by atoms with van der Waals surface area (Å²) in [6.45, 7) is 2.85. The van der Waals surface area contributed by atoms with Crippen molar-refractivity contribution in [1.82, 2.24) is 15.2 Å². The van der Waals surface area contributed by atoms with Gasteiger partial charge in [-0.05, 0) is 44.6 Å². The molecule has 1 saturated heterocycles. The van der Waals surface area contributed by atoms with Crippen LogP contribution in [-0.4, -0.2) is 36.1 Å². The van der Waals surface area contributed by atoms with Crippen molar-refractivity contribution in [1.29, 1.82) is 0 Å². The van der Waals surface area contributed by atoms with Crippen LogP contribution in [0.3, 0.4) is 0 Å². The van der Waals surface area contributed by atoms with E-state index >= 15 is 0 Å². The first-order chi connectivity index (χ1) is 10.2. The van der Waals surface area contributed by atoms with E-state index < -0.39 is 0 Å². The fraction of sp³-hybridized carbons (Fsp3) is 0.438. The van der Waals surface area contributed by atoms with Crippen LogP contribution in [0.2, 0.25) is 0 Å². The summed E-state index contributed by atoms with van der Waals surface area (Å²) in [6.07, 6.45) is 4.14. The summed E-state index contributed by atoms with van der Waals surface area (Å²) in [5.74, 6) is 0.188. The second kappa shape index (κ2) is 6.37. The van der Waals surface area contributed by atoms with Gasteiger partial charge in [0.05, 0.1) is 5.69 Å². The molecule has 112 valence electrons. The third-order valence-corrected chi connectivity index (χ3v) is 3.75. The van der Waals surface area contributed by atoms with E-state index in [0.717, 1.165) is 25.3 Å². The molecule has 0 spiro atoms. The predicted octanol–water partition coefficient (Wildman–Crippen LogP) is 2.66. The van der Waals surface area contributed by atoms with Gasteiger partial charge in [-0.3, -0.25) is 4.90 Å². The third-order valence-electron chi connectivity index (χ3n) is 3.75. The monoisotopic (exact) mass is 289 g/mol. The summed E-state index contributed by atoms with van der Waals surface area (Å²) < 4.78 is 18.7. The molecular weight excluding hydrogens is 269 g/mol. The first kappa shape index (κ1) is 14.2. The zero-order valence-electron chi connectivity index (χ0n) is 12.2. The Balaban J connectivity index is 1.62. The van der Waals surface area contributed by atoms with Gasteiger partial charge in [0.25, 0.3) is 0 Å². The Labute approximate surface area is 124 Å². The molecule has 1 unspecified atom stereocenters. The Morgan fingerprint density at radius 2 is 2.38 bits per heavy atom. The summed E-state index contributed by atoms with van der Waals surface area (Å²) in [5.41, 5.74) is 1.54. The van der Waals surface area contributed by atoms with Crippen molar-refractivity contribution >= 4 is 0 Å². The fourth-order valence-corrected chi connectivity index (χ4v) is 2.76. The maximum absolute atomic E-state index is 13.2. The minimum atomic E-state index is -0.281. The molecule has 0 bridgehead atoms. The van der Waals surface area contributed by atoms with Crippen molar-refractivity contribution in [3.8, 4) is 11.5 Å². The highest BCUT2D eigenvalue weighted by Crippen LogP contribution is 2.20. The van der Waals surface area contributed by atoms with Gasteiger partial charge in [-0.1, -0.05) is 6.07 Å². The van der Waals surface area contributed by atoms with Gasteiger partial charge in [0, 0.05) is 24.7 Å². The number of hydrogen-bond acceptors (Lipinski definition) is 4. The highest BCUT2D eigenvalue weighted by atomic mass is 19.1. The zero-order chi connectivity index (χ0) is 14.7. The number of nitrogens with one attached hydrogen (secondary N) is 1. The Bertz CT molecular complexity index is 593. The Morgan fingerprint density at radius 3 is 3.14 bits per heavy atom.